The van der Waals surface area contributed by atoms with Gasteiger partial charge in [-0.15, -0.1) is 0 Å². The van der Waals surface area contributed by atoms with Crippen LogP contribution >= 0.6 is 0 Å². The Morgan fingerprint density at radius 2 is 2.33 bits per heavy atom. The lowest BCUT2D eigenvalue weighted by atomic mass is 10.1. The van der Waals surface area contributed by atoms with Gasteiger partial charge in [-0.2, -0.15) is 0 Å². The Morgan fingerprint density at radius 1 is 1.56 bits per heavy atom. The number of likely N-dealkylation sites (tertiary alicyclic amines) is 1. The molecule has 0 aliphatic carbocycles. The molecule has 1 N–H and O–H groups in total. The molecule has 2 rings (SSSR count). The van der Waals surface area contributed by atoms with Crippen LogP contribution in [0, 0.1) is 0 Å². The van der Waals surface area contributed by atoms with Crippen molar-refractivity contribution in [2.45, 2.75) is 19.2 Å². The van der Waals surface area contributed by atoms with E-state index in [4.69, 9.17) is 9.47 Å². The fraction of sp³-hybridized carbons (Fsp3) is 0.333. The van der Waals surface area contributed by atoms with Crippen molar-refractivity contribution in [3.63, 3.8) is 0 Å². The molecule has 1 atom stereocenters. The van der Waals surface area contributed by atoms with Crippen LogP contribution in [0.5, 0.6) is 11.5 Å². The average Bonchev–Trinajstić information content (AvgIpc) is 2.37. The number of methoxy groups -OCH3 is 1. The lowest BCUT2D eigenvalue weighted by molar-refractivity contribution is -0.177. The zero-order valence-electron chi connectivity index (χ0n) is 9.83. The van der Waals surface area contributed by atoms with Crippen LogP contribution in [0.15, 0.2) is 18.2 Å². The number of phenols is 1. The van der Waals surface area contributed by atoms with Crippen LogP contribution in [0.1, 0.15) is 12.0 Å². The maximum absolute atomic E-state index is 11.4. The molecule has 0 spiro atoms. The van der Waals surface area contributed by atoms with E-state index >= 15 is 0 Å². The third-order valence-electron chi connectivity index (χ3n) is 2.87. The molecule has 1 saturated heterocycles. The number of ether oxygens (including phenoxy) is 2. The van der Waals surface area contributed by atoms with Gasteiger partial charge in [0.15, 0.2) is 17.7 Å². The van der Waals surface area contributed by atoms with Gasteiger partial charge in [0.05, 0.1) is 20.1 Å². The molecule has 0 bridgehead atoms. The van der Waals surface area contributed by atoms with Crippen molar-refractivity contribution in [3.05, 3.63) is 23.8 Å². The van der Waals surface area contributed by atoms with E-state index < -0.39 is 6.23 Å². The molecular weight excluding hydrogens is 238 g/mol. The maximum atomic E-state index is 11.4. The predicted octanol–water partition coefficient (Wildman–Crippen LogP) is 0.632. The van der Waals surface area contributed by atoms with Crippen LogP contribution in [0.25, 0.3) is 0 Å². The van der Waals surface area contributed by atoms with E-state index in [-0.39, 0.29) is 24.6 Å². The fourth-order valence-corrected chi connectivity index (χ4v) is 1.84. The molecule has 1 amide bonds. The monoisotopic (exact) mass is 251 g/mol. The molecule has 1 heterocycles. The number of rotatable bonds is 5. The standard InChI is InChI=1S/C12H13NO5/c1-17-9-4-2-3-8(12(9)16)6-13-10(15)5-11(13)18-7-14/h2-4,7,11,16H,5-6H2,1H3. The Hall–Kier alpha value is -2.24. The van der Waals surface area contributed by atoms with E-state index in [1.165, 1.54) is 12.0 Å². The van der Waals surface area contributed by atoms with Crippen molar-refractivity contribution in [2.75, 3.05) is 7.11 Å². The molecule has 1 aromatic rings. The molecule has 1 fully saturated rings. The van der Waals surface area contributed by atoms with Crippen LogP contribution in [0.3, 0.4) is 0 Å². The molecule has 6 nitrogen and oxygen atoms in total. The molecule has 1 aliphatic rings. The Bertz CT molecular complexity index is 472. The second kappa shape index (κ2) is 4.95. The molecule has 1 unspecified atom stereocenters. The Labute approximate surface area is 104 Å². The number of carbonyl (C=O) groups excluding carboxylic acids is 2. The number of phenolic OH excluding ortho intramolecular Hbond substituents is 1. The molecule has 96 valence electrons. The number of hydrogen-bond acceptors (Lipinski definition) is 5. The Balaban J connectivity index is 2.13. The topological polar surface area (TPSA) is 76.1 Å². The molecule has 18 heavy (non-hydrogen) atoms. The summed E-state index contributed by atoms with van der Waals surface area (Å²) in [5.41, 5.74) is 0.543. The molecular formula is C12H13NO5. The van der Waals surface area contributed by atoms with Crippen LogP contribution in [-0.2, 0) is 20.9 Å². The van der Waals surface area contributed by atoms with E-state index in [2.05, 4.69) is 0 Å². The first-order valence-corrected chi connectivity index (χ1v) is 5.40. The average molecular weight is 251 g/mol. The number of carbonyl (C=O) groups is 2. The van der Waals surface area contributed by atoms with E-state index in [0.29, 0.717) is 17.8 Å². The number of aromatic hydroxyl groups is 1. The summed E-state index contributed by atoms with van der Waals surface area (Å²) in [5.74, 6) is 0.210. The van der Waals surface area contributed by atoms with Crippen LogP contribution in [0.4, 0.5) is 0 Å². The highest BCUT2D eigenvalue weighted by Gasteiger charge is 2.38. The van der Waals surface area contributed by atoms with Crippen molar-refractivity contribution in [1.82, 2.24) is 4.90 Å². The number of benzene rings is 1. The molecule has 0 aromatic heterocycles. The lowest BCUT2D eigenvalue weighted by Gasteiger charge is -2.38. The fourth-order valence-electron chi connectivity index (χ4n) is 1.84. The second-order valence-corrected chi connectivity index (χ2v) is 3.88. The maximum Gasteiger partial charge on any atom is 0.295 e. The smallest absolute Gasteiger partial charge is 0.295 e. The zero-order chi connectivity index (χ0) is 13.1. The van der Waals surface area contributed by atoms with Gasteiger partial charge in [0.2, 0.25) is 5.91 Å². The number of hydrogen-bond donors (Lipinski definition) is 1. The van der Waals surface area contributed by atoms with Crippen LogP contribution in [0.2, 0.25) is 0 Å². The van der Waals surface area contributed by atoms with Gasteiger partial charge < -0.3 is 19.5 Å². The Morgan fingerprint density at radius 3 is 2.94 bits per heavy atom. The highest BCUT2D eigenvalue weighted by atomic mass is 16.5. The quantitative estimate of drug-likeness (QED) is 0.613. The molecule has 6 heteroatoms. The second-order valence-electron chi connectivity index (χ2n) is 3.88. The van der Waals surface area contributed by atoms with E-state index in [1.807, 2.05) is 0 Å². The van der Waals surface area contributed by atoms with E-state index in [9.17, 15) is 14.7 Å². The first-order valence-electron chi connectivity index (χ1n) is 5.40. The van der Waals surface area contributed by atoms with Gasteiger partial charge in [0.1, 0.15) is 0 Å². The summed E-state index contributed by atoms with van der Waals surface area (Å²) in [4.78, 5) is 23.0. The van der Waals surface area contributed by atoms with Gasteiger partial charge in [-0.05, 0) is 6.07 Å². The van der Waals surface area contributed by atoms with Crippen molar-refractivity contribution >= 4 is 12.4 Å². The van der Waals surface area contributed by atoms with Gasteiger partial charge in [-0.1, -0.05) is 12.1 Å². The van der Waals surface area contributed by atoms with Gasteiger partial charge in [0.25, 0.3) is 6.47 Å². The number of β-lactam (4-membered cyclic amide) rings is 1. The van der Waals surface area contributed by atoms with Crippen molar-refractivity contribution in [1.29, 1.82) is 0 Å². The van der Waals surface area contributed by atoms with E-state index in [1.54, 1.807) is 18.2 Å². The normalized spacial score (nSPS) is 18.2. The van der Waals surface area contributed by atoms with Gasteiger partial charge in [0, 0.05) is 5.56 Å². The van der Waals surface area contributed by atoms with E-state index in [0.717, 1.165) is 0 Å². The first kappa shape index (κ1) is 12.2. The largest absolute Gasteiger partial charge is 0.504 e. The zero-order valence-corrected chi connectivity index (χ0v) is 9.83. The molecule has 0 saturated carbocycles. The summed E-state index contributed by atoms with van der Waals surface area (Å²) in [6.07, 6.45) is -0.357. The third kappa shape index (κ3) is 2.09. The predicted molar refractivity (Wildman–Crippen MR) is 60.8 cm³/mol. The summed E-state index contributed by atoms with van der Waals surface area (Å²) in [7, 11) is 1.45. The first-order chi connectivity index (χ1) is 8.67. The summed E-state index contributed by atoms with van der Waals surface area (Å²) in [6.45, 7) is 0.496. The highest BCUT2D eigenvalue weighted by Crippen LogP contribution is 2.32. The van der Waals surface area contributed by atoms with Crippen molar-refractivity contribution in [2.24, 2.45) is 0 Å². The molecule has 1 aromatic carbocycles. The lowest BCUT2D eigenvalue weighted by Crippen LogP contribution is -2.53. The van der Waals surface area contributed by atoms with Gasteiger partial charge in [-0.25, -0.2) is 0 Å². The minimum atomic E-state index is -0.541. The minimum Gasteiger partial charge on any atom is -0.504 e. The summed E-state index contributed by atoms with van der Waals surface area (Å²) in [5, 5.41) is 9.89. The summed E-state index contributed by atoms with van der Waals surface area (Å²) >= 11 is 0. The molecule has 0 radical (unpaired) electrons. The van der Waals surface area contributed by atoms with Crippen molar-refractivity contribution in [3.8, 4) is 11.5 Å². The summed E-state index contributed by atoms with van der Waals surface area (Å²) < 4.78 is 9.72. The number of nitrogens with zero attached hydrogens (tertiary/aromatic N) is 1. The SMILES string of the molecule is COc1cccc(CN2C(=O)CC2OC=O)c1O. The minimum absolute atomic E-state index is 0.00967. The molecule has 1 aliphatic heterocycles. The Kier molecular flexibility index (Phi) is 3.36. The van der Waals surface area contributed by atoms with Crippen molar-refractivity contribution < 1.29 is 24.2 Å². The summed E-state index contributed by atoms with van der Waals surface area (Å²) in [6, 6.07) is 5.02. The van der Waals surface area contributed by atoms with Gasteiger partial charge in [-0.3, -0.25) is 9.59 Å². The van der Waals surface area contributed by atoms with Crippen LogP contribution < -0.4 is 4.74 Å². The number of para-hydroxylation sites is 1. The number of amides is 1. The highest BCUT2D eigenvalue weighted by molar-refractivity contribution is 5.83. The van der Waals surface area contributed by atoms with Crippen LogP contribution in [-0.4, -0.2) is 35.7 Å². The third-order valence-corrected chi connectivity index (χ3v) is 2.87. The van der Waals surface area contributed by atoms with Gasteiger partial charge >= 0.3 is 0 Å².